The van der Waals surface area contributed by atoms with E-state index in [1.165, 1.54) is 7.11 Å². The van der Waals surface area contributed by atoms with Crippen LogP contribution in [0.25, 0.3) is 0 Å². The number of methoxy groups -OCH3 is 1. The lowest BCUT2D eigenvalue weighted by Gasteiger charge is -2.11. The highest BCUT2D eigenvalue weighted by Crippen LogP contribution is 2.29. The van der Waals surface area contributed by atoms with E-state index in [-0.39, 0.29) is 12.5 Å². The summed E-state index contributed by atoms with van der Waals surface area (Å²) in [5.41, 5.74) is 6.91. The molecule has 0 fully saturated rings. The SMILES string of the molecule is COc1cc(N)ccc1OCC(=O)Nc1ccccc1Br. The van der Waals surface area contributed by atoms with Gasteiger partial charge in [-0.3, -0.25) is 4.79 Å². The largest absolute Gasteiger partial charge is 0.493 e. The Kier molecular flexibility index (Phi) is 5.05. The molecular formula is C15H15BrN2O3. The van der Waals surface area contributed by atoms with Crippen molar-refractivity contribution in [3.05, 3.63) is 46.9 Å². The smallest absolute Gasteiger partial charge is 0.262 e. The van der Waals surface area contributed by atoms with Crippen molar-refractivity contribution >= 4 is 33.2 Å². The van der Waals surface area contributed by atoms with Gasteiger partial charge >= 0.3 is 0 Å². The number of nitrogens with one attached hydrogen (secondary N) is 1. The molecule has 1 amide bonds. The summed E-state index contributed by atoms with van der Waals surface area (Å²) in [5.74, 6) is 0.693. The monoisotopic (exact) mass is 350 g/mol. The molecule has 21 heavy (non-hydrogen) atoms. The van der Waals surface area contributed by atoms with Gasteiger partial charge in [0.05, 0.1) is 12.8 Å². The van der Waals surface area contributed by atoms with Crippen molar-refractivity contribution in [1.82, 2.24) is 0 Å². The molecule has 0 aromatic heterocycles. The van der Waals surface area contributed by atoms with Crippen LogP contribution in [-0.4, -0.2) is 19.6 Å². The Balaban J connectivity index is 1.97. The predicted octanol–water partition coefficient (Wildman–Crippen LogP) is 3.06. The van der Waals surface area contributed by atoms with Crippen molar-refractivity contribution in [2.75, 3.05) is 24.8 Å². The zero-order chi connectivity index (χ0) is 15.2. The molecule has 5 nitrogen and oxygen atoms in total. The van der Waals surface area contributed by atoms with Crippen molar-refractivity contribution in [2.45, 2.75) is 0 Å². The molecule has 2 aromatic rings. The van der Waals surface area contributed by atoms with E-state index >= 15 is 0 Å². The molecule has 0 radical (unpaired) electrons. The third-order valence-corrected chi connectivity index (χ3v) is 3.39. The van der Waals surface area contributed by atoms with E-state index < -0.39 is 0 Å². The van der Waals surface area contributed by atoms with E-state index in [9.17, 15) is 4.79 Å². The van der Waals surface area contributed by atoms with Crippen LogP contribution < -0.4 is 20.5 Å². The van der Waals surface area contributed by atoms with Gasteiger partial charge in [0.1, 0.15) is 0 Å². The molecule has 0 aliphatic heterocycles. The first kappa shape index (κ1) is 15.2. The van der Waals surface area contributed by atoms with E-state index in [4.69, 9.17) is 15.2 Å². The van der Waals surface area contributed by atoms with Crippen molar-refractivity contribution in [3.8, 4) is 11.5 Å². The third kappa shape index (κ3) is 4.13. The minimum Gasteiger partial charge on any atom is -0.493 e. The molecule has 0 aliphatic rings. The highest BCUT2D eigenvalue weighted by molar-refractivity contribution is 9.10. The maximum Gasteiger partial charge on any atom is 0.262 e. The van der Waals surface area contributed by atoms with Gasteiger partial charge in [0.25, 0.3) is 5.91 Å². The van der Waals surface area contributed by atoms with Gasteiger partial charge in [-0.2, -0.15) is 0 Å². The van der Waals surface area contributed by atoms with Crippen LogP contribution in [0.5, 0.6) is 11.5 Å². The first-order valence-electron chi connectivity index (χ1n) is 6.21. The standard InChI is InChI=1S/C15H15BrN2O3/c1-20-14-8-10(17)6-7-13(14)21-9-15(19)18-12-5-3-2-4-11(12)16/h2-8H,9,17H2,1H3,(H,18,19). The van der Waals surface area contributed by atoms with Crippen LogP contribution in [0.2, 0.25) is 0 Å². The summed E-state index contributed by atoms with van der Waals surface area (Å²) in [5, 5.41) is 2.75. The lowest BCUT2D eigenvalue weighted by Crippen LogP contribution is -2.20. The summed E-state index contributed by atoms with van der Waals surface area (Å²) >= 11 is 3.36. The first-order valence-corrected chi connectivity index (χ1v) is 7.00. The second-order valence-corrected chi connectivity index (χ2v) is 5.08. The van der Waals surface area contributed by atoms with Crippen LogP contribution in [-0.2, 0) is 4.79 Å². The average Bonchev–Trinajstić information content (AvgIpc) is 2.48. The predicted molar refractivity (Wildman–Crippen MR) is 85.7 cm³/mol. The number of ether oxygens (including phenoxy) is 2. The number of carbonyl (C=O) groups is 1. The average molecular weight is 351 g/mol. The second kappa shape index (κ2) is 6.99. The molecule has 0 saturated carbocycles. The summed E-state index contributed by atoms with van der Waals surface area (Å²) in [6.07, 6.45) is 0. The summed E-state index contributed by atoms with van der Waals surface area (Å²) in [4.78, 5) is 11.9. The zero-order valence-electron chi connectivity index (χ0n) is 11.4. The lowest BCUT2D eigenvalue weighted by atomic mass is 10.3. The van der Waals surface area contributed by atoms with Crippen LogP contribution >= 0.6 is 15.9 Å². The van der Waals surface area contributed by atoms with Gasteiger partial charge in [-0.25, -0.2) is 0 Å². The Morgan fingerprint density at radius 3 is 2.71 bits per heavy atom. The molecule has 110 valence electrons. The number of halogens is 1. The summed E-state index contributed by atoms with van der Waals surface area (Å²) in [7, 11) is 1.52. The molecule has 6 heteroatoms. The fourth-order valence-corrected chi connectivity index (χ4v) is 2.08. The minimum absolute atomic E-state index is 0.123. The molecule has 0 atom stereocenters. The van der Waals surface area contributed by atoms with Crippen molar-refractivity contribution in [1.29, 1.82) is 0 Å². The maximum absolute atomic E-state index is 11.9. The maximum atomic E-state index is 11.9. The third-order valence-electron chi connectivity index (χ3n) is 2.69. The molecule has 0 aliphatic carbocycles. The molecule has 2 rings (SSSR count). The van der Waals surface area contributed by atoms with Gasteiger partial charge in [-0.15, -0.1) is 0 Å². The highest BCUT2D eigenvalue weighted by Gasteiger charge is 2.09. The van der Waals surface area contributed by atoms with Crippen LogP contribution in [0.3, 0.4) is 0 Å². The van der Waals surface area contributed by atoms with E-state index in [2.05, 4.69) is 21.2 Å². The molecule has 0 saturated heterocycles. The number of carbonyl (C=O) groups excluding carboxylic acids is 1. The number of nitrogen functional groups attached to an aromatic ring is 1. The number of amides is 1. The van der Waals surface area contributed by atoms with Gasteiger partial charge < -0.3 is 20.5 Å². The number of anilines is 2. The zero-order valence-corrected chi connectivity index (χ0v) is 13.0. The van der Waals surface area contributed by atoms with Crippen LogP contribution in [0.1, 0.15) is 0 Å². The quantitative estimate of drug-likeness (QED) is 0.812. The van der Waals surface area contributed by atoms with E-state index in [1.54, 1.807) is 24.3 Å². The van der Waals surface area contributed by atoms with E-state index in [1.807, 2.05) is 18.2 Å². The molecule has 0 spiro atoms. The Bertz CT molecular complexity index is 647. The van der Waals surface area contributed by atoms with E-state index in [0.717, 1.165) is 4.47 Å². The first-order chi connectivity index (χ1) is 10.1. The Hall–Kier alpha value is -2.21. The Labute approximate surface area is 131 Å². The van der Waals surface area contributed by atoms with Gasteiger partial charge in [0.15, 0.2) is 18.1 Å². The van der Waals surface area contributed by atoms with Crippen molar-refractivity contribution < 1.29 is 14.3 Å². The molecule has 0 unspecified atom stereocenters. The number of rotatable bonds is 5. The fraction of sp³-hybridized carbons (Fsp3) is 0.133. The van der Waals surface area contributed by atoms with Crippen LogP contribution in [0.4, 0.5) is 11.4 Å². The minimum atomic E-state index is -0.263. The number of benzene rings is 2. The van der Waals surface area contributed by atoms with Gasteiger partial charge in [-0.05, 0) is 40.2 Å². The normalized spacial score (nSPS) is 10.0. The molecule has 0 bridgehead atoms. The number of hydrogen-bond acceptors (Lipinski definition) is 4. The van der Waals surface area contributed by atoms with E-state index in [0.29, 0.717) is 22.9 Å². The Morgan fingerprint density at radius 1 is 1.24 bits per heavy atom. The summed E-state index contributed by atoms with van der Waals surface area (Å²) < 4.78 is 11.4. The molecule has 2 aromatic carbocycles. The lowest BCUT2D eigenvalue weighted by molar-refractivity contribution is -0.118. The van der Waals surface area contributed by atoms with Crippen molar-refractivity contribution in [3.63, 3.8) is 0 Å². The van der Waals surface area contributed by atoms with Crippen LogP contribution in [0.15, 0.2) is 46.9 Å². The molecular weight excluding hydrogens is 336 g/mol. The van der Waals surface area contributed by atoms with Crippen LogP contribution in [0, 0.1) is 0 Å². The molecule has 0 heterocycles. The van der Waals surface area contributed by atoms with Gasteiger partial charge in [0, 0.05) is 16.2 Å². The number of hydrogen-bond donors (Lipinski definition) is 2. The highest BCUT2D eigenvalue weighted by atomic mass is 79.9. The summed E-state index contributed by atoms with van der Waals surface area (Å²) in [6, 6.07) is 12.3. The Morgan fingerprint density at radius 2 is 2.00 bits per heavy atom. The fourth-order valence-electron chi connectivity index (χ4n) is 1.70. The number of para-hydroxylation sites is 1. The van der Waals surface area contributed by atoms with Gasteiger partial charge in [-0.1, -0.05) is 12.1 Å². The topological polar surface area (TPSA) is 73.6 Å². The van der Waals surface area contributed by atoms with Gasteiger partial charge in [0.2, 0.25) is 0 Å². The second-order valence-electron chi connectivity index (χ2n) is 4.23. The summed E-state index contributed by atoms with van der Waals surface area (Å²) in [6.45, 7) is -0.123. The molecule has 3 N–H and O–H groups in total. The number of nitrogens with two attached hydrogens (primary N) is 1. The van der Waals surface area contributed by atoms with Crippen molar-refractivity contribution in [2.24, 2.45) is 0 Å².